The molecule has 38 heavy (non-hydrogen) atoms. The second kappa shape index (κ2) is 9.08. The molecule has 0 bridgehead atoms. The van der Waals surface area contributed by atoms with E-state index in [1.807, 2.05) is 72.8 Å². The van der Waals surface area contributed by atoms with Crippen molar-refractivity contribution < 1.29 is 9.30 Å². The van der Waals surface area contributed by atoms with Crippen LogP contribution < -0.4 is 10.6 Å². The van der Waals surface area contributed by atoms with Crippen LogP contribution in [0.1, 0.15) is 31.9 Å². The van der Waals surface area contributed by atoms with Gasteiger partial charge in [0, 0.05) is 10.6 Å². The molecule has 0 N–H and O–H groups in total. The van der Waals surface area contributed by atoms with Crippen molar-refractivity contribution in [3.05, 3.63) is 132 Å². The lowest BCUT2D eigenvalue weighted by atomic mass is 9.82. The number of rotatable bonds is 7. The van der Waals surface area contributed by atoms with E-state index in [1.54, 1.807) is 0 Å². The average molecular weight is 521 g/mol. The van der Waals surface area contributed by atoms with Gasteiger partial charge in [0.1, 0.15) is 12.1 Å². The largest absolute Gasteiger partial charge is 0.477 e. The van der Waals surface area contributed by atoms with Crippen molar-refractivity contribution in [3.63, 3.8) is 0 Å². The molecule has 0 saturated carbocycles. The van der Waals surface area contributed by atoms with Gasteiger partial charge in [-0.05, 0) is 62.6 Å². The second-order valence-corrected chi connectivity index (χ2v) is 13.6. The Balaban J connectivity index is 1.67. The molecule has 2 heterocycles. The minimum atomic E-state index is -3.35. The Kier molecular flexibility index (Phi) is 5.94. The molecule has 3 atom stereocenters. The summed E-state index contributed by atoms with van der Waals surface area (Å²) in [6.45, 7) is 6.85. The maximum absolute atomic E-state index is 15.9. The summed E-state index contributed by atoms with van der Waals surface area (Å²) in [7, 11) is -3.35. The molecule has 4 aromatic carbocycles. The molecule has 1 saturated heterocycles. The average Bonchev–Trinajstić information content (AvgIpc) is 3.30. The summed E-state index contributed by atoms with van der Waals surface area (Å²) in [4.78, 5) is 5.10. The standard InChI is InChI=1S/C33H33N2O2P/c1-31(2)25-37-30(34-31)32(3)33(27-18-10-5-11-19-27,24-26-16-8-4-9-17-26)35(32)38(36,28-20-12-6-13-21-28)29-22-14-7-15-23-29/h4-23H,24-25H2,1-3H3/t32-,33+,35?/m0/s1. The highest BCUT2D eigenvalue weighted by atomic mass is 31.2. The monoisotopic (exact) mass is 520 g/mol. The zero-order chi connectivity index (χ0) is 26.4. The summed E-state index contributed by atoms with van der Waals surface area (Å²) in [6, 6.07) is 40.8. The van der Waals surface area contributed by atoms with Gasteiger partial charge in [-0.2, -0.15) is 0 Å². The van der Waals surface area contributed by atoms with E-state index in [2.05, 4.69) is 74.0 Å². The van der Waals surface area contributed by atoms with Crippen LogP contribution in [0, 0.1) is 0 Å². The molecule has 0 radical (unpaired) electrons. The van der Waals surface area contributed by atoms with Crippen LogP contribution in [0.25, 0.3) is 0 Å². The van der Waals surface area contributed by atoms with Crippen molar-refractivity contribution in [2.45, 2.75) is 43.8 Å². The van der Waals surface area contributed by atoms with Crippen molar-refractivity contribution >= 4 is 23.8 Å². The van der Waals surface area contributed by atoms with Crippen LogP contribution in [0.15, 0.2) is 126 Å². The van der Waals surface area contributed by atoms with E-state index in [9.17, 15) is 0 Å². The normalized spacial score (nSPS) is 25.9. The highest BCUT2D eigenvalue weighted by Gasteiger charge is 2.81. The first-order valence-electron chi connectivity index (χ1n) is 13.2. The van der Waals surface area contributed by atoms with E-state index < -0.39 is 18.4 Å². The van der Waals surface area contributed by atoms with Gasteiger partial charge in [-0.3, -0.25) is 4.57 Å². The Morgan fingerprint density at radius 2 is 1.21 bits per heavy atom. The molecule has 4 nitrogen and oxygen atoms in total. The summed E-state index contributed by atoms with van der Waals surface area (Å²) < 4.78 is 24.5. The van der Waals surface area contributed by atoms with E-state index in [0.717, 1.165) is 16.2 Å². The van der Waals surface area contributed by atoms with Crippen molar-refractivity contribution in [2.24, 2.45) is 4.99 Å². The van der Waals surface area contributed by atoms with E-state index in [4.69, 9.17) is 9.73 Å². The van der Waals surface area contributed by atoms with E-state index in [0.29, 0.717) is 18.9 Å². The van der Waals surface area contributed by atoms with Gasteiger partial charge in [-0.15, -0.1) is 0 Å². The van der Waals surface area contributed by atoms with Gasteiger partial charge in [-0.1, -0.05) is 97.1 Å². The molecule has 1 fully saturated rings. The maximum atomic E-state index is 15.9. The number of aliphatic imine (C=N–C) groups is 1. The molecule has 192 valence electrons. The van der Waals surface area contributed by atoms with Crippen LogP contribution in [-0.4, -0.2) is 28.3 Å². The van der Waals surface area contributed by atoms with E-state index >= 15 is 4.57 Å². The fourth-order valence-electron chi connectivity index (χ4n) is 6.13. The highest BCUT2D eigenvalue weighted by Crippen LogP contribution is 2.75. The number of nitrogens with zero attached hydrogens (tertiary/aromatic N) is 2. The zero-order valence-electron chi connectivity index (χ0n) is 22.1. The van der Waals surface area contributed by atoms with Gasteiger partial charge in [0.25, 0.3) is 0 Å². The number of hydrogen-bond donors (Lipinski definition) is 0. The summed E-state index contributed by atoms with van der Waals surface area (Å²) >= 11 is 0. The highest BCUT2D eigenvalue weighted by molar-refractivity contribution is 7.77. The van der Waals surface area contributed by atoms with E-state index in [1.165, 1.54) is 5.56 Å². The first-order chi connectivity index (χ1) is 18.3. The lowest BCUT2D eigenvalue weighted by Crippen LogP contribution is -2.32. The molecule has 2 aliphatic rings. The molecule has 0 spiro atoms. The van der Waals surface area contributed by atoms with Gasteiger partial charge in [0.2, 0.25) is 13.2 Å². The molecule has 0 aliphatic carbocycles. The third-order valence-electron chi connectivity index (χ3n) is 7.97. The molecule has 1 unspecified atom stereocenters. The van der Waals surface area contributed by atoms with Gasteiger partial charge in [0.15, 0.2) is 0 Å². The van der Waals surface area contributed by atoms with Crippen LogP contribution in [0.3, 0.4) is 0 Å². The second-order valence-electron chi connectivity index (χ2n) is 11.0. The first kappa shape index (κ1) is 24.9. The minimum absolute atomic E-state index is 0.342. The van der Waals surface area contributed by atoms with Crippen molar-refractivity contribution in [1.29, 1.82) is 0 Å². The number of ether oxygens (including phenoxy) is 1. The van der Waals surface area contributed by atoms with Gasteiger partial charge >= 0.3 is 0 Å². The maximum Gasteiger partial charge on any atom is 0.209 e. The number of hydrogen-bond acceptors (Lipinski definition) is 3. The van der Waals surface area contributed by atoms with E-state index in [-0.39, 0.29) is 5.54 Å². The molecular formula is C33H33N2O2P. The fourth-order valence-corrected chi connectivity index (χ4v) is 9.68. The smallest absolute Gasteiger partial charge is 0.209 e. The molecule has 6 rings (SSSR count). The minimum Gasteiger partial charge on any atom is -0.477 e. The summed E-state index contributed by atoms with van der Waals surface area (Å²) in [5.41, 5.74) is 0.561. The Bertz CT molecular complexity index is 1460. The van der Waals surface area contributed by atoms with Crippen LogP contribution in [0.5, 0.6) is 0 Å². The summed E-state index contributed by atoms with van der Waals surface area (Å²) in [5, 5.41) is 1.61. The molecular weight excluding hydrogens is 487 g/mol. The summed E-state index contributed by atoms with van der Waals surface area (Å²) in [5.74, 6) is 0.661. The third-order valence-corrected chi connectivity index (χ3v) is 11.3. The van der Waals surface area contributed by atoms with Crippen molar-refractivity contribution in [3.8, 4) is 0 Å². The zero-order valence-corrected chi connectivity index (χ0v) is 23.0. The quantitative estimate of drug-likeness (QED) is 0.211. The molecule has 5 heteroatoms. The van der Waals surface area contributed by atoms with Crippen molar-refractivity contribution in [2.75, 3.05) is 6.61 Å². The predicted molar refractivity (Wildman–Crippen MR) is 156 cm³/mol. The Morgan fingerprint density at radius 1 is 0.737 bits per heavy atom. The Morgan fingerprint density at radius 3 is 1.68 bits per heavy atom. The number of benzene rings is 4. The van der Waals surface area contributed by atoms with Crippen LogP contribution in [0.4, 0.5) is 0 Å². The fraction of sp³-hybridized carbons (Fsp3) is 0.242. The third kappa shape index (κ3) is 3.70. The Hall–Kier alpha value is -3.46. The molecule has 2 aliphatic heterocycles. The summed E-state index contributed by atoms with van der Waals surface area (Å²) in [6.07, 6.45) is 0.667. The van der Waals surface area contributed by atoms with Gasteiger partial charge < -0.3 is 4.74 Å². The predicted octanol–water partition coefficient (Wildman–Crippen LogP) is 6.34. The molecule has 4 aromatic rings. The van der Waals surface area contributed by atoms with Crippen LogP contribution >= 0.6 is 7.29 Å². The molecule has 0 amide bonds. The lowest BCUT2D eigenvalue weighted by molar-refractivity contribution is 0.266. The topological polar surface area (TPSA) is 41.7 Å². The molecule has 0 aromatic heterocycles. The van der Waals surface area contributed by atoms with Crippen LogP contribution in [0.2, 0.25) is 0 Å². The van der Waals surface area contributed by atoms with Crippen LogP contribution in [-0.2, 0) is 21.3 Å². The Labute approximate surface area is 225 Å². The first-order valence-corrected chi connectivity index (χ1v) is 14.8. The SMILES string of the molecule is CC1(C)COC([C@]2(C)N(P(=O)(c3ccccc3)c3ccccc3)[C@]2(Cc2ccccc2)c2ccccc2)=N1. The van der Waals surface area contributed by atoms with Crippen molar-refractivity contribution in [1.82, 2.24) is 4.67 Å². The lowest BCUT2D eigenvalue weighted by Gasteiger charge is -2.26. The van der Waals surface area contributed by atoms with Gasteiger partial charge in [-0.25, -0.2) is 9.66 Å². The van der Waals surface area contributed by atoms with Gasteiger partial charge in [0.05, 0.1) is 11.1 Å².